The number of ether oxygens (including phenoxy) is 1. The van der Waals surface area contributed by atoms with Crippen LogP contribution < -0.4 is 15.9 Å². The van der Waals surface area contributed by atoms with Crippen molar-refractivity contribution in [3.05, 3.63) is 91.5 Å². The highest BCUT2D eigenvalue weighted by molar-refractivity contribution is 9.10. The van der Waals surface area contributed by atoms with E-state index in [-0.39, 0.29) is 29.7 Å². The number of nitrogens with one attached hydrogen (secondary N) is 1. The topological polar surface area (TPSA) is 172 Å². The largest absolute Gasteiger partial charge is 0.504 e. The van der Waals surface area contributed by atoms with Gasteiger partial charge in [0.15, 0.2) is 17.3 Å². The van der Waals surface area contributed by atoms with E-state index < -0.39 is 93.0 Å². The molecule has 0 radical (unpaired) electrons. The molecule has 0 bridgehead atoms. The number of rotatable bonds is 5. The van der Waals surface area contributed by atoms with Crippen LogP contribution in [0.1, 0.15) is 35.4 Å². The number of hydrogen-bond donors (Lipinski definition) is 3. The van der Waals surface area contributed by atoms with Gasteiger partial charge in [0.2, 0.25) is 11.8 Å². The van der Waals surface area contributed by atoms with E-state index in [1.54, 1.807) is 6.08 Å². The van der Waals surface area contributed by atoms with Gasteiger partial charge in [0, 0.05) is 27.2 Å². The number of pyridine rings is 1. The monoisotopic (exact) mass is 821 g/mol. The van der Waals surface area contributed by atoms with Crippen LogP contribution in [0, 0.1) is 23.7 Å². The lowest BCUT2D eigenvalue weighted by atomic mass is 9.49. The number of imide groups is 4. The minimum absolute atomic E-state index is 0.00287. The number of methoxy groups -OCH3 is 1. The van der Waals surface area contributed by atoms with Crippen molar-refractivity contribution in [1.82, 2.24) is 14.9 Å². The van der Waals surface area contributed by atoms with Gasteiger partial charge in [-0.1, -0.05) is 62.9 Å². The number of hydrazine groups is 1. The van der Waals surface area contributed by atoms with Gasteiger partial charge in [0.1, 0.15) is 0 Å². The zero-order valence-corrected chi connectivity index (χ0v) is 29.7. The number of urea groups is 1. The number of carbonyl (C=O) groups excluding carboxylic acids is 5. The lowest BCUT2D eigenvalue weighted by Gasteiger charge is -2.50. The molecule has 4 aliphatic rings. The number of nitrogens with zero attached hydrogens (tertiary/aromatic N) is 3. The van der Waals surface area contributed by atoms with Gasteiger partial charge < -0.3 is 15.6 Å². The number of phenols is 1. The Morgan fingerprint density at radius 2 is 1.77 bits per heavy atom. The number of alkyl halides is 3. The first-order valence-corrected chi connectivity index (χ1v) is 17.1. The van der Waals surface area contributed by atoms with E-state index in [0.717, 1.165) is 0 Å². The van der Waals surface area contributed by atoms with Crippen LogP contribution in [0.2, 0.25) is 10.0 Å². The molecular formula is C34H25BrCl2F3N5O7. The summed E-state index contributed by atoms with van der Waals surface area (Å²) in [4.78, 5) is 73.4. The summed E-state index contributed by atoms with van der Waals surface area (Å²) in [6, 6.07) is 8.43. The molecule has 6 atom stereocenters. The fraction of sp³-hybridized carbons (Fsp3) is 0.294. The molecule has 7 rings (SSSR count). The van der Waals surface area contributed by atoms with Gasteiger partial charge in [-0.3, -0.25) is 24.6 Å². The Labute approximate surface area is 310 Å². The number of amides is 6. The Balaban J connectivity index is 1.48. The van der Waals surface area contributed by atoms with Crippen LogP contribution in [0.15, 0.2) is 64.8 Å². The Morgan fingerprint density at radius 1 is 1.08 bits per heavy atom. The molecule has 2 saturated heterocycles. The van der Waals surface area contributed by atoms with Gasteiger partial charge in [-0.05, 0) is 54.7 Å². The fourth-order valence-corrected chi connectivity index (χ4v) is 9.10. The molecule has 2 aromatic carbocycles. The predicted octanol–water partition coefficient (Wildman–Crippen LogP) is 5.95. The highest BCUT2D eigenvalue weighted by Crippen LogP contribution is 2.65. The minimum atomic E-state index is -4.78. The van der Waals surface area contributed by atoms with Gasteiger partial charge >= 0.3 is 12.2 Å². The predicted molar refractivity (Wildman–Crippen MR) is 181 cm³/mol. The summed E-state index contributed by atoms with van der Waals surface area (Å²) in [5.74, 6) is -9.90. The summed E-state index contributed by atoms with van der Waals surface area (Å²) in [6.45, 7) is 0. The average molecular weight is 823 g/mol. The number of aromatic hydroxyl groups is 1. The first-order chi connectivity index (χ1) is 24.5. The number of primary amides is 1. The highest BCUT2D eigenvalue weighted by atomic mass is 79.9. The zero-order chi connectivity index (χ0) is 37.6. The van der Waals surface area contributed by atoms with Gasteiger partial charge in [-0.2, -0.15) is 23.1 Å². The first kappa shape index (κ1) is 35.7. The van der Waals surface area contributed by atoms with Crippen molar-refractivity contribution in [2.75, 3.05) is 12.5 Å². The molecule has 12 nitrogen and oxygen atoms in total. The second-order valence-corrected chi connectivity index (χ2v) is 14.6. The minimum Gasteiger partial charge on any atom is -0.504 e. The Bertz CT molecular complexity index is 2130. The van der Waals surface area contributed by atoms with Crippen molar-refractivity contribution in [3.8, 4) is 11.5 Å². The normalized spacial score (nSPS) is 26.9. The van der Waals surface area contributed by atoms with E-state index >= 15 is 4.79 Å². The summed E-state index contributed by atoms with van der Waals surface area (Å²) in [7, 11) is 1.31. The molecule has 52 heavy (non-hydrogen) atoms. The van der Waals surface area contributed by atoms with E-state index in [0.29, 0.717) is 37.2 Å². The van der Waals surface area contributed by atoms with Crippen LogP contribution in [0.3, 0.4) is 0 Å². The second kappa shape index (κ2) is 12.5. The third-order valence-electron chi connectivity index (χ3n) is 10.4. The number of likely N-dealkylation sites (tertiary alicyclic amines) is 1. The molecule has 3 heterocycles. The third-order valence-corrected chi connectivity index (χ3v) is 11.4. The number of benzene rings is 2. The average Bonchev–Trinajstić information content (AvgIpc) is 3.47. The number of aromatic nitrogens is 1. The van der Waals surface area contributed by atoms with Crippen LogP contribution >= 0.6 is 39.1 Å². The Morgan fingerprint density at radius 3 is 2.38 bits per heavy atom. The van der Waals surface area contributed by atoms with Crippen LogP contribution in [-0.2, 0) is 30.8 Å². The second-order valence-electron chi connectivity index (χ2n) is 12.8. The maximum Gasteiger partial charge on any atom is 0.417 e. The number of phenolic OH excluding ortho intramolecular Hbond substituents is 1. The molecule has 2 aliphatic heterocycles. The number of fused-ring (bicyclic) bond motifs is 4. The van der Waals surface area contributed by atoms with Crippen LogP contribution in [0.4, 0.5) is 23.8 Å². The van der Waals surface area contributed by atoms with Crippen molar-refractivity contribution < 1.29 is 47.0 Å². The standard InChI is InChI=1S/C34H25BrCl2F3N5O7/c1-52-23-10-15(35)9-20(26(23)46)25-17-6-7-18-24(30(49)44(28(18)47)32(41)51)19(17)11-21-29(48)45(31(50)33(21,25)13-2-4-16(36)5-3-13)43-27-22(37)8-14(12-42-27)34(38,39)40/h2-6,8-10,12,18-19,21,24-25,46H,7,11H2,1H3,(H2,41,51)(H,42,43)/t18-,19+,21-,24-,25+,33+/m0/s1. The van der Waals surface area contributed by atoms with Crippen molar-refractivity contribution >= 4 is 74.6 Å². The molecule has 2 aliphatic carbocycles. The molecule has 4 N–H and O–H groups in total. The molecule has 0 unspecified atom stereocenters. The van der Waals surface area contributed by atoms with Crippen molar-refractivity contribution in [2.24, 2.45) is 29.4 Å². The number of hydrogen-bond acceptors (Lipinski definition) is 9. The molecule has 3 fully saturated rings. The van der Waals surface area contributed by atoms with E-state index in [4.69, 9.17) is 33.7 Å². The summed E-state index contributed by atoms with van der Waals surface area (Å²) < 4.78 is 46.1. The van der Waals surface area contributed by atoms with Crippen LogP contribution in [-0.4, -0.2) is 56.8 Å². The summed E-state index contributed by atoms with van der Waals surface area (Å²) >= 11 is 15.9. The molecule has 3 aromatic rings. The SMILES string of the molecule is COc1cc(Br)cc([C@H]2C3=CC[C@@H]4C(=O)N(C(N)=O)C(=O)[C@@H]4[C@@H]3C[C@H]3C(=O)N(Nc4ncc(C(F)(F)F)cc4Cl)C(=O)[C@@]23c2ccc(Cl)cc2)c1O. The summed E-state index contributed by atoms with van der Waals surface area (Å²) in [5, 5.41) is 12.1. The number of halogens is 6. The Kier molecular flexibility index (Phi) is 8.57. The number of carbonyl (C=O) groups is 5. The van der Waals surface area contributed by atoms with Crippen LogP contribution in [0.25, 0.3) is 0 Å². The Hall–Kier alpha value is -4.67. The molecule has 0 spiro atoms. The van der Waals surface area contributed by atoms with Crippen molar-refractivity contribution in [1.29, 1.82) is 0 Å². The highest BCUT2D eigenvalue weighted by Gasteiger charge is 2.71. The van der Waals surface area contributed by atoms with Crippen molar-refractivity contribution in [2.45, 2.75) is 30.4 Å². The third kappa shape index (κ3) is 5.16. The van der Waals surface area contributed by atoms with Crippen molar-refractivity contribution in [3.63, 3.8) is 0 Å². The fourth-order valence-electron chi connectivity index (χ4n) is 8.31. The summed E-state index contributed by atoms with van der Waals surface area (Å²) in [6.07, 6.45) is -2.87. The first-order valence-electron chi connectivity index (χ1n) is 15.6. The molecule has 6 amide bonds. The molecule has 270 valence electrons. The number of allylic oxidation sites excluding steroid dienone is 2. The molecule has 1 aromatic heterocycles. The lowest BCUT2D eigenvalue weighted by molar-refractivity contribution is -0.140. The smallest absolute Gasteiger partial charge is 0.417 e. The van der Waals surface area contributed by atoms with Gasteiger partial charge in [0.25, 0.3) is 11.8 Å². The zero-order valence-electron chi connectivity index (χ0n) is 26.6. The number of nitrogens with two attached hydrogens (primary N) is 1. The maximum absolute atomic E-state index is 15.2. The quantitative estimate of drug-likeness (QED) is 0.208. The van der Waals surface area contributed by atoms with Gasteiger partial charge in [-0.15, -0.1) is 0 Å². The summed E-state index contributed by atoms with van der Waals surface area (Å²) in [5.41, 5.74) is 5.68. The van der Waals surface area contributed by atoms with E-state index in [1.165, 1.54) is 43.5 Å². The van der Waals surface area contributed by atoms with E-state index in [9.17, 15) is 37.5 Å². The molecule has 1 saturated carbocycles. The lowest BCUT2D eigenvalue weighted by Crippen LogP contribution is -2.53. The maximum atomic E-state index is 15.2. The van der Waals surface area contributed by atoms with E-state index in [1.807, 2.05) is 0 Å². The van der Waals surface area contributed by atoms with Gasteiger partial charge in [-0.25, -0.2) is 9.78 Å². The van der Waals surface area contributed by atoms with Crippen LogP contribution in [0.5, 0.6) is 11.5 Å². The molecular weight excluding hydrogens is 798 g/mol. The number of anilines is 1. The van der Waals surface area contributed by atoms with E-state index in [2.05, 4.69) is 26.3 Å². The van der Waals surface area contributed by atoms with Gasteiger partial charge in [0.05, 0.1) is 40.9 Å². The molecule has 18 heteroatoms.